The minimum atomic E-state index is -4.68. The molecule has 1 heterocycles. The van der Waals surface area contributed by atoms with Crippen molar-refractivity contribution in [1.82, 2.24) is 9.62 Å². The Kier molecular flexibility index (Phi) is 7.13. The lowest BCUT2D eigenvalue weighted by Crippen LogP contribution is -2.50. The number of carbonyl (C=O) groups excluding carboxylic acids is 1. The second-order valence-corrected chi connectivity index (χ2v) is 9.45. The minimum absolute atomic E-state index is 0.248. The molecule has 1 N–H and O–H groups in total. The first kappa shape index (κ1) is 23.4. The molecule has 0 saturated carbocycles. The summed E-state index contributed by atoms with van der Waals surface area (Å²) in [4.78, 5) is 14.2. The highest BCUT2D eigenvalue weighted by Gasteiger charge is 2.35. The minimum Gasteiger partial charge on any atom is -0.368 e. The van der Waals surface area contributed by atoms with Crippen molar-refractivity contribution < 1.29 is 26.4 Å². The predicted molar refractivity (Wildman–Crippen MR) is 113 cm³/mol. The van der Waals surface area contributed by atoms with E-state index in [1.807, 2.05) is 23.1 Å². The van der Waals surface area contributed by atoms with Crippen LogP contribution in [-0.4, -0.2) is 57.1 Å². The monoisotopic (exact) mass is 475 g/mol. The van der Waals surface area contributed by atoms with Crippen LogP contribution in [0.15, 0.2) is 48.5 Å². The van der Waals surface area contributed by atoms with Gasteiger partial charge in [0.05, 0.1) is 27.6 Å². The number of hydrogen-bond acceptors (Lipinski definition) is 4. The molecule has 31 heavy (non-hydrogen) atoms. The smallest absolute Gasteiger partial charge is 0.368 e. The molecule has 1 fully saturated rings. The molecule has 2 aromatic rings. The first-order valence-electron chi connectivity index (χ1n) is 9.51. The molecule has 0 spiro atoms. The Bertz CT molecular complexity index is 1040. The van der Waals surface area contributed by atoms with Crippen molar-refractivity contribution in [1.29, 1.82) is 0 Å². The van der Waals surface area contributed by atoms with Gasteiger partial charge in [-0.25, -0.2) is 8.42 Å². The fourth-order valence-corrected chi connectivity index (χ4v) is 4.95. The van der Waals surface area contributed by atoms with Crippen LogP contribution in [0.1, 0.15) is 15.9 Å². The number of nitrogens with one attached hydrogen (secondary N) is 1. The molecular formula is C20H21ClF3N3O3S. The van der Waals surface area contributed by atoms with Gasteiger partial charge in [-0.2, -0.15) is 17.5 Å². The van der Waals surface area contributed by atoms with Gasteiger partial charge < -0.3 is 10.2 Å². The molecule has 1 saturated heterocycles. The molecule has 0 radical (unpaired) electrons. The molecule has 0 aliphatic carbocycles. The molecule has 11 heteroatoms. The van der Waals surface area contributed by atoms with Crippen LogP contribution >= 0.6 is 11.6 Å². The molecule has 1 amide bonds. The number of nitrogens with zero attached hydrogens (tertiary/aromatic N) is 2. The van der Waals surface area contributed by atoms with Crippen molar-refractivity contribution in [3.8, 4) is 0 Å². The summed E-state index contributed by atoms with van der Waals surface area (Å²) in [5.41, 5.74) is -0.774. The lowest BCUT2D eigenvalue weighted by atomic mass is 10.1. The number of halogens is 4. The summed E-state index contributed by atoms with van der Waals surface area (Å²) in [6, 6.07) is 11.7. The van der Waals surface area contributed by atoms with E-state index >= 15 is 0 Å². The summed E-state index contributed by atoms with van der Waals surface area (Å²) in [6.45, 7) is 1.11. The number of benzene rings is 2. The number of piperazine rings is 1. The second-order valence-electron chi connectivity index (χ2n) is 6.95. The number of sulfonamides is 1. The summed E-state index contributed by atoms with van der Waals surface area (Å²) in [6.07, 6.45) is -4.68. The number of rotatable bonds is 6. The van der Waals surface area contributed by atoms with Gasteiger partial charge in [-0.1, -0.05) is 35.9 Å². The maximum atomic E-state index is 13.0. The maximum Gasteiger partial charge on any atom is 0.417 e. The molecular weight excluding hydrogens is 455 g/mol. The molecule has 168 valence electrons. The van der Waals surface area contributed by atoms with Crippen molar-refractivity contribution in [2.45, 2.75) is 6.18 Å². The van der Waals surface area contributed by atoms with Crippen LogP contribution in [-0.2, 0) is 16.2 Å². The average molecular weight is 476 g/mol. The fraction of sp³-hybridized carbons (Fsp3) is 0.350. The van der Waals surface area contributed by atoms with E-state index < -0.39 is 39.0 Å². The van der Waals surface area contributed by atoms with E-state index in [-0.39, 0.29) is 19.6 Å². The van der Waals surface area contributed by atoms with Gasteiger partial charge in [-0.3, -0.25) is 4.79 Å². The highest BCUT2D eigenvalue weighted by molar-refractivity contribution is 7.89. The topological polar surface area (TPSA) is 69.7 Å². The van der Waals surface area contributed by atoms with Gasteiger partial charge >= 0.3 is 6.18 Å². The van der Waals surface area contributed by atoms with Gasteiger partial charge in [-0.15, -0.1) is 0 Å². The average Bonchev–Trinajstić information content (AvgIpc) is 2.73. The van der Waals surface area contributed by atoms with Gasteiger partial charge in [0.1, 0.15) is 0 Å². The molecule has 1 aliphatic heterocycles. The predicted octanol–water partition coefficient (Wildman–Crippen LogP) is 3.24. The third-order valence-electron chi connectivity index (χ3n) is 4.95. The number of anilines is 1. The highest BCUT2D eigenvalue weighted by atomic mass is 35.5. The molecule has 1 aliphatic rings. The van der Waals surface area contributed by atoms with Gasteiger partial charge in [-0.05, 0) is 24.3 Å². The van der Waals surface area contributed by atoms with Crippen LogP contribution in [0.5, 0.6) is 0 Å². The summed E-state index contributed by atoms with van der Waals surface area (Å²) in [5, 5.41) is 2.86. The Balaban J connectivity index is 1.55. The van der Waals surface area contributed by atoms with Crippen LogP contribution in [0.2, 0.25) is 5.02 Å². The normalized spacial score (nSPS) is 15.7. The van der Waals surface area contributed by atoms with Crippen LogP contribution in [0.4, 0.5) is 18.9 Å². The van der Waals surface area contributed by atoms with Crippen LogP contribution in [0.25, 0.3) is 0 Å². The SMILES string of the molecule is O=C(NCCS(=O)(=O)N1CCN(c2ccccc2Cl)CC1)c1ccccc1C(F)(F)F. The summed E-state index contributed by atoms with van der Waals surface area (Å²) in [7, 11) is -3.68. The van der Waals surface area contributed by atoms with Crippen molar-refractivity contribution in [2.24, 2.45) is 0 Å². The third-order valence-corrected chi connectivity index (χ3v) is 7.14. The number of alkyl halides is 3. The van der Waals surface area contributed by atoms with Gasteiger partial charge in [0.25, 0.3) is 5.91 Å². The largest absolute Gasteiger partial charge is 0.417 e. The quantitative estimate of drug-likeness (QED) is 0.696. The van der Waals surface area contributed by atoms with Crippen molar-refractivity contribution in [3.63, 3.8) is 0 Å². The molecule has 0 unspecified atom stereocenters. The Morgan fingerprint density at radius 1 is 1.00 bits per heavy atom. The van der Waals surface area contributed by atoms with Crippen LogP contribution in [0.3, 0.4) is 0 Å². The Hall–Kier alpha value is -2.30. The van der Waals surface area contributed by atoms with E-state index in [2.05, 4.69) is 5.32 Å². The van der Waals surface area contributed by atoms with Gasteiger partial charge in [0.15, 0.2) is 0 Å². The Labute approximate surface area is 183 Å². The summed E-state index contributed by atoms with van der Waals surface area (Å²) >= 11 is 6.19. The Morgan fingerprint density at radius 3 is 2.26 bits per heavy atom. The molecule has 0 bridgehead atoms. The molecule has 3 rings (SSSR count). The molecule has 6 nitrogen and oxygen atoms in total. The molecule has 0 atom stereocenters. The first-order chi connectivity index (χ1) is 14.6. The first-order valence-corrected chi connectivity index (χ1v) is 11.5. The number of para-hydroxylation sites is 1. The third kappa shape index (κ3) is 5.69. The lowest BCUT2D eigenvalue weighted by Gasteiger charge is -2.35. The van der Waals surface area contributed by atoms with E-state index in [9.17, 15) is 26.4 Å². The number of carbonyl (C=O) groups is 1. The van der Waals surface area contributed by atoms with E-state index in [1.54, 1.807) is 6.07 Å². The van der Waals surface area contributed by atoms with Gasteiger partial charge in [0, 0.05) is 32.7 Å². The van der Waals surface area contributed by atoms with E-state index in [0.29, 0.717) is 18.1 Å². The molecule has 0 aromatic heterocycles. The second kappa shape index (κ2) is 9.46. The zero-order chi connectivity index (χ0) is 22.6. The van der Waals surface area contributed by atoms with Crippen LogP contribution < -0.4 is 10.2 Å². The maximum absolute atomic E-state index is 13.0. The number of hydrogen-bond donors (Lipinski definition) is 1. The standard InChI is InChI=1S/C20H21ClF3N3O3S/c21-17-7-3-4-8-18(17)26-10-12-27(13-11-26)31(29,30)14-9-25-19(28)15-5-1-2-6-16(15)20(22,23)24/h1-8H,9-14H2,(H,25,28). The Morgan fingerprint density at radius 2 is 1.61 bits per heavy atom. The molecule has 2 aromatic carbocycles. The van der Waals surface area contributed by atoms with E-state index in [0.717, 1.165) is 17.8 Å². The summed E-state index contributed by atoms with van der Waals surface area (Å²) < 4.78 is 65.6. The van der Waals surface area contributed by atoms with Crippen molar-refractivity contribution in [2.75, 3.05) is 43.4 Å². The zero-order valence-electron chi connectivity index (χ0n) is 16.4. The van der Waals surface area contributed by atoms with Crippen molar-refractivity contribution in [3.05, 3.63) is 64.7 Å². The van der Waals surface area contributed by atoms with E-state index in [4.69, 9.17) is 11.6 Å². The zero-order valence-corrected chi connectivity index (χ0v) is 18.0. The van der Waals surface area contributed by atoms with Crippen LogP contribution in [0, 0.1) is 0 Å². The fourth-order valence-electron chi connectivity index (χ4n) is 3.36. The van der Waals surface area contributed by atoms with Gasteiger partial charge in [0.2, 0.25) is 10.0 Å². The summed E-state index contributed by atoms with van der Waals surface area (Å²) in [5.74, 6) is -1.37. The lowest BCUT2D eigenvalue weighted by molar-refractivity contribution is -0.137. The number of amides is 1. The highest BCUT2D eigenvalue weighted by Crippen LogP contribution is 2.31. The van der Waals surface area contributed by atoms with Crippen molar-refractivity contribution >= 4 is 33.2 Å². The van der Waals surface area contributed by atoms with E-state index in [1.165, 1.54) is 16.4 Å².